The average molecular weight is 831 g/mol. The van der Waals surface area contributed by atoms with Crippen molar-refractivity contribution >= 4 is 50.4 Å². The van der Waals surface area contributed by atoms with E-state index in [-0.39, 0.29) is 28.8 Å². The van der Waals surface area contributed by atoms with Gasteiger partial charge in [-0.25, -0.2) is 0 Å². The van der Waals surface area contributed by atoms with Gasteiger partial charge in [0.05, 0.1) is 11.8 Å². The van der Waals surface area contributed by atoms with Crippen LogP contribution >= 0.6 is 0 Å². The van der Waals surface area contributed by atoms with Crippen molar-refractivity contribution in [3.63, 3.8) is 0 Å². The van der Waals surface area contributed by atoms with Crippen molar-refractivity contribution in [2.75, 3.05) is 0 Å². The first-order valence-corrected chi connectivity index (χ1v) is 21.3. The maximum atomic E-state index is 17.2. The summed E-state index contributed by atoms with van der Waals surface area (Å²) in [5.74, 6) is -1.25. The van der Waals surface area contributed by atoms with E-state index >= 15 is 4.79 Å². The summed E-state index contributed by atoms with van der Waals surface area (Å²) in [6.07, 6.45) is 0. The predicted molar refractivity (Wildman–Crippen MR) is 257 cm³/mol. The lowest BCUT2D eigenvalue weighted by molar-refractivity contribution is -0.120. The zero-order valence-corrected chi connectivity index (χ0v) is 34.6. The van der Waals surface area contributed by atoms with Gasteiger partial charge in [0.1, 0.15) is 23.0 Å². The Balaban J connectivity index is 1.37. The molecule has 0 amide bonds. The van der Waals surface area contributed by atoms with Crippen LogP contribution in [-0.4, -0.2) is 26.2 Å². The summed E-state index contributed by atoms with van der Waals surface area (Å²) in [5.41, 5.74) is 13.5. The summed E-state index contributed by atoms with van der Waals surface area (Å²) in [4.78, 5) is 17.2. The van der Waals surface area contributed by atoms with E-state index < -0.39 is 11.8 Å². The highest BCUT2D eigenvalue weighted by molar-refractivity contribution is 6.38. The number of carbonyl (C=O) groups is 1. The van der Waals surface area contributed by atoms with E-state index in [1.165, 1.54) is 0 Å². The SMILES string of the molecule is O=C(C1C(c2ccccc2)=C(c2ccc(O)cc2)C(c2ccc(O)cc2)=C1c1ccccc1)C1C(c2ccccc2)=C(c2ccc(O)cc2)C(c2ccc(O)cc2)=C1c1ccccc1. The first kappa shape index (κ1) is 39.7. The van der Waals surface area contributed by atoms with Gasteiger partial charge < -0.3 is 20.4 Å². The normalized spacial score (nSPS) is 14.5. The molecule has 0 saturated heterocycles. The maximum Gasteiger partial charge on any atom is 0.156 e. The number of benzene rings is 8. The topological polar surface area (TPSA) is 98.0 Å². The molecule has 0 heterocycles. The quantitative estimate of drug-likeness (QED) is 0.110. The smallest absolute Gasteiger partial charge is 0.156 e. The Labute approximate surface area is 371 Å². The van der Waals surface area contributed by atoms with Crippen molar-refractivity contribution in [1.82, 2.24) is 0 Å². The number of aromatic hydroxyl groups is 4. The number of phenolic OH excluding ortho intramolecular Hbond substituents is 4. The second kappa shape index (κ2) is 16.8. The van der Waals surface area contributed by atoms with Crippen molar-refractivity contribution in [2.45, 2.75) is 0 Å². The molecule has 0 radical (unpaired) electrons. The van der Waals surface area contributed by atoms with Gasteiger partial charge in [-0.05, 0) is 138 Å². The number of carbonyl (C=O) groups excluding carboxylic acids is 1. The molecule has 0 spiro atoms. The summed E-state index contributed by atoms with van der Waals surface area (Å²) >= 11 is 0. The molecule has 0 saturated carbocycles. The third-order valence-electron chi connectivity index (χ3n) is 12.3. The molecule has 8 aromatic rings. The van der Waals surface area contributed by atoms with Gasteiger partial charge in [0.2, 0.25) is 0 Å². The number of Topliss-reactive ketones (excluding diaryl/α,β-unsaturated/α-hetero) is 1. The van der Waals surface area contributed by atoms with Crippen LogP contribution in [0.25, 0.3) is 44.6 Å². The number of hydrogen-bond donors (Lipinski definition) is 4. The molecular weight excluding hydrogens is 789 g/mol. The van der Waals surface area contributed by atoms with E-state index in [4.69, 9.17) is 0 Å². The third-order valence-corrected chi connectivity index (χ3v) is 12.3. The van der Waals surface area contributed by atoms with E-state index in [1.807, 2.05) is 121 Å². The van der Waals surface area contributed by atoms with Crippen LogP contribution in [-0.2, 0) is 4.79 Å². The van der Waals surface area contributed by atoms with Crippen LogP contribution in [0.3, 0.4) is 0 Å². The second-order valence-corrected chi connectivity index (χ2v) is 16.1. The zero-order valence-electron chi connectivity index (χ0n) is 34.6. The highest BCUT2D eigenvalue weighted by atomic mass is 16.3. The molecule has 308 valence electrons. The Kier molecular flexibility index (Phi) is 10.4. The van der Waals surface area contributed by atoms with Crippen LogP contribution in [0.4, 0.5) is 0 Å². The molecule has 0 bridgehead atoms. The van der Waals surface area contributed by atoms with Crippen molar-refractivity contribution in [3.8, 4) is 23.0 Å². The Bertz CT molecular complexity index is 2700. The molecule has 0 aliphatic heterocycles. The maximum absolute atomic E-state index is 17.2. The molecule has 5 nitrogen and oxygen atoms in total. The standard InChI is InChI=1S/C59H42O5/c60-45-29-21-41(22-30-45)49-50(42-23-31-46(61)32-24-42)54(38-15-7-2-8-16-38)57(53(49)37-13-5-1-6-14-37)59(64)58-55(39-17-9-3-10-18-39)51(43-25-33-47(62)34-26-43)52(44-27-35-48(63)36-28-44)56(58)40-19-11-4-12-20-40/h1-36,57-58,60-63H. The predicted octanol–water partition coefficient (Wildman–Crippen LogP) is 13.1. The molecule has 0 unspecified atom stereocenters. The number of hydrogen-bond acceptors (Lipinski definition) is 5. The highest BCUT2D eigenvalue weighted by Gasteiger charge is 2.48. The second-order valence-electron chi connectivity index (χ2n) is 16.1. The van der Waals surface area contributed by atoms with Crippen LogP contribution in [0.1, 0.15) is 44.5 Å². The largest absolute Gasteiger partial charge is 0.508 e. The van der Waals surface area contributed by atoms with Gasteiger partial charge in [-0.2, -0.15) is 0 Å². The lowest BCUT2D eigenvalue weighted by Crippen LogP contribution is -2.26. The van der Waals surface area contributed by atoms with Crippen molar-refractivity contribution in [2.24, 2.45) is 11.8 Å². The molecule has 2 aliphatic rings. The third kappa shape index (κ3) is 7.19. The number of phenols is 4. The molecular formula is C59H42O5. The van der Waals surface area contributed by atoms with Gasteiger partial charge in [-0.3, -0.25) is 4.79 Å². The fourth-order valence-corrected chi connectivity index (χ4v) is 9.57. The molecule has 10 rings (SSSR count). The summed E-state index contributed by atoms with van der Waals surface area (Å²) in [6.45, 7) is 0. The lowest BCUT2D eigenvalue weighted by Gasteiger charge is -2.27. The van der Waals surface area contributed by atoms with Crippen LogP contribution in [0.2, 0.25) is 0 Å². The van der Waals surface area contributed by atoms with E-state index in [0.29, 0.717) is 0 Å². The Morgan fingerprint density at radius 2 is 0.438 bits per heavy atom. The van der Waals surface area contributed by atoms with Crippen LogP contribution in [0, 0.1) is 11.8 Å². The number of rotatable bonds is 10. The monoisotopic (exact) mass is 830 g/mol. The van der Waals surface area contributed by atoms with Gasteiger partial charge in [0.15, 0.2) is 5.78 Å². The average Bonchev–Trinajstić information content (AvgIpc) is 3.89. The number of allylic oxidation sites excluding steroid dienone is 8. The minimum absolute atomic E-state index is 0.0504. The molecule has 8 aromatic carbocycles. The summed E-state index contributed by atoms with van der Waals surface area (Å²) < 4.78 is 0. The van der Waals surface area contributed by atoms with Gasteiger partial charge >= 0.3 is 0 Å². The summed E-state index contributed by atoms with van der Waals surface area (Å²) in [7, 11) is 0. The number of ketones is 1. The minimum Gasteiger partial charge on any atom is -0.508 e. The Morgan fingerprint density at radius 1 is 0.250 bits per heavy atom. The van der Waals surface area contributed by atoms with Crippen molar-refractivity contribution < 1.29 is 25.2 Å². The first-order valence-electron chi connectivity index (χ1n) is 21.3. The van der Waals surface area contributed by atoms with Crippen LogP contribution in [0.5, 0.6) is 23.0 Å². The molecule has 2 aliphatic carbocycles. The molecule has 0 fully saturated rings. The Morgan fingerprint density at radius 3 is 0.625 bits per heavy atom. The van der Waals surface area contributed by atoms with Crippen LogP contribution < -0.4 is 0 Å². The van der Waals surface area contributed by atoms with Crippen LogP contribution in [0.15, 0.2) is 218 Å². The first-order chi connectivity index (χ1) is 31.4. The molecule has 0 aromatic heterocycles. The zero-order chi connectivity index (χ0) is 43.7. The summed E-state index contributed by atoms with van der Waals surface area (Å²) in [5, 5.41) is 42.4. The summed E-state index contributed by atoms with van der Waals surface area (Å²) in [6, 6.07) is 68.8. The molecule has 5 heteroatoms. The fraction of sp³-hybridized carbons (Fsp3) is 0.0339. The van der Waals surface area contributed by atoms with Crippen molar-refractivity contribution in [3.05, 3.63) is 263 Å². The van der Waals surface area contributed by atoms with Gasteiger partial charge in [-0.15, -0.1) is 0 Å². The minimum atomic E-state index is -0.847. The molecule has 4 N–H and O–H groups in total. The van der Waals surface area contributed by atoms with E-state index in [0.717, 1.165) is 89.1 Å². The Hall–Kier alpha value is -8.41. The molecule has 0 atom stereocenters. The highest BCUT2D eigenvalue weighted by Crippen LogP contribution is 2.61. The van der Waals surface area contributed by atoms with Crippen molar-refractivity contribution in [1.29, 1.82) is 0 Å². The molecule has 64 heavy (non-hydrogen) atoms. The van der Waals surface area contributed by atoms with E-state index in [1.54, 1.807) is 48.5 Å². The van der Waals surface area contributed by atoms with Gasteiger partial charge in [0, 0.05) is 0 Å². The van der Waals surface area contributed by atoms with E-state index in [9.17, 15) is 20.4 Å². The fourth-order valence-electron chi connectivity index (χ4n) is 9.57. The van der Waals surface area contributed by atoms with Gasteiger partial charge in [0.25, 0.3) is 0 Å². The van der Waals surface area contributed by atoms with E-state index in [2.05, 4.69) is 48.5 Å². The van der Waals surface area contributed by atoms with Gasteiger partial charge in [-0.1, -0.05) is 170 Å². The lowest BCUT2D eigenvalue weighted by atomic mass is 9.73.